The normalized spacial score (nSPS) is 14.3. The first-order chi connectivity index (χ1) is 11.3. The van der Waals surface area contributed by atoms with E-state index in [9.17, 15) is 0 Å². The Kier molecular flexibility index (Phi) is 5.42. The van der Waals surface area contributed by atoms with Crippen molar-refractivity contribution < 1.29 is 0 Å². The Labute approximate surface area is 142 Å². The summed E-state index contributed by atoms with van der Waals surface area (Å²) in [5.74, 6) is 1.05. The third kappa shape index (κ3) is 4.66. The first-order valence-electron chi connectivity index (χ1n) is 8.11. The lowest BCUT2D eigenvalue weighted by Crippen LogP contribution is -2.30. The number of aromatic nitrogens is 1. The number of nitrogens with one attached hydrogen (secondary N) is 2. The van der Waals surface area contributed by atoms with Crippen molar-refractivity contribution >= 4 is 28.8 Å². The van der Waals surface area contributed by atoms with E-state index in [1.807, 2.05) is 30.5 Å². The number of pyridine rings is 1. The van der Waals surface area contributed by atoms with Crippen LogP contribution in [-0.2, 0) is 6.54 Å². The summed E-state index contributed by atoms with van der Waals surface area (Å²) < 4.78 is 0. The van der Waals surface area contributed by atoms with Crippen molar-refractivity contribution in [3.05, 3.63) is 54.2 Å². The minimum absolute atomic E-state index is 0.612. The fraction of sp³-hybridized carbons (Fsp3) is 0.333. The molecule has 0 aliphatic carbocycles. The van der Waals surface area contributed by atoms with Gasteiger partial charge in [0.15, 0.2) is 5.11 Å². The Morgan fingerprint density at radius 3 is 2.52 bits per heavy atom. The van der Waals surface area contributed by atoms with Gasteiger partial charge in [-0.3, -0.25) is 0 Å². The van der Waals surface area contributed by atoms with E-state index in [-0.39, 0.29) is 0 Å². The predicted octanol–water partition coefficient (Wildman–Crippen LogP) is 3.56. The molecule has 23 heavy (non-hydrogen) atoms. The van der Waals surface area contributed by atoms with Crippen LogP contribution >= 0.6 is 12.2 Å². The van der Waals surface area contributed by atoms with Gasteiger partial charge in [-0.2, -0.15) is 0 Å². The summed E-state index contributed by atoms with van der Waals surface area (Å²) in [7, 11) is 0. The van der Waals surface area contributed by atoms with Crippen molar-refractivity contribution in [2.75, 3.05) is 23.3 Å². The molecular weight excluding hydrogens is 304 g/mol. The number of hydrogen-bond acceptors (Lipinski definition) is 3. The Balaban J connectivity index is 1.50. The Bertz CT molecular complexity index is 621. The second-order valence-corrected chi connectivity index (χ2v) is 6.15. The summed E-state index contributed by atoms with van der Waals surface area (Å²) >= 11 is 5.33. The largest absolute Gasteiger partial charge is 0.358 e. The van der Waals surface area contributed by atoms with Gasteiger partial charge in [0.05, 0.1) is 11.9 Å². The Hall–Kier alpha value is -2.14. The molecule has 120 valence electrons. The third-order valence-electron chi connectivity index (χ3n) is 3.98. The molecule has 1 aromatic carbocycles. The number of hydrogen-bond donors (Lipinski definition) is 2. The zero-order valence-electron chi connectivity index (χ0n) is 13.2. The SMILES string of the molecule is S=C(NCc1ccccc1)Nc1ccc(N2CCCCC2)nc1. The highest BCUT2D eigenvalue weighted by Gasteiger charge is 2.11. The average molecular weight is 326 g/mol. The quantitative estimate of drug-likeness (QED) is 0.841. The molecule has 1 saturated heterocycles. The maximum atomic E-state index is 5.33. The maximum Gasteiger partial charge on any atom is 0.171 e. The van der Waals surface area contributed by atoms with E-state index in [0.717, 1.165) is 24.6 Å². The first kappa shape index (κ1) is 15.7. The molecule has 0 spiro atoms. The highest BCUT2D eigenvalue weighted by Crippen LogP contribution is 2.18. The van der Waals surface area contributed by atoms with Gasteiger partial charge in [-0.05, 0) is 49.2 Å². The molecule has 0 radical (unpaired) electrons. The molecule has 2 aromatic rings. The molecule has 1 aliphatic rings. The van der Waals surface area contributed by atoms with Crippen molar-refractivity contribution in [1.29, 1.82) is 0 Å². The van der Waals surface area contributed by atoms with Crippen molar-refractivity contribution in [1.82, 2.24) is 10.3 Å². The van der Waals surface area contributed by atoms with E-state index >= 15 is 0 Å². The van der Waals surface area contributed by atoms with Gasteiger partial charge in [0, 0.05) is 19.6 Å². The van der Waals surface area contributed by atoms with E-state index in [1.54, 1.807) is 0 Å². The van der Waals surface area contributed by atoms with Crippen LogP contribution in [0.1, 0.15) is 24.8 Å². The second kappa shape index (κ2) is 7.92. The van der Waals surface area contributed by atoms with Gasteiger partial charge >= 0.3 is 0 Å². The number of nitrogens with zero attached hydrogens (tertiary/aromatic N) is 2. The zero-order valence-corrected chi connectivity index (χ0v) is 14.0. The molecule has 0 amide bonds. The van der Waals surface area contributed by atoms with E-state index < -0.39 is 0 Å². The van der Waals surface area contributed by atoms with Crippen LogP contribution in [0.15, 0.2) is 48.7 Å². The van der Waals surface area contributed by atoms with Gasteiger partial charge in [0.2, 0.25) is 0 Å². The standard InChI is InChI=1S/C18H22N4S/c23-18(20-13-15-7-3-1-4-8-15)21-16-9-10-17(19-14-16)22-11-5-2-6-12-22/h1,3-4,7-10,14H,2,5-6,11-13H2,(H2,20,21,23). The minimum Gasteiger partial charge on any atom is -0.358 e. The summed E-state index contributed by atoms with van der Waals surface area (Å²) in [5, 5.41) is 7.00. The summed E-state index contributed by atoms with van der Waals surface area (Å²) in [6.07, 6.45) is 5.70. The van der Waals surface area contributed by atoms with Crippen molar-refractivity contribution in [2.24, 2.45) is 0 Å². The molecule has 3 rings (SSSR count). The Morgan fingerprint density at radius 1 is 1.04 bits per heavy atom. The predicted molar refractivity (Wildman–Crippen MR) is 99.8 cm³/mol. The van der Waals surface area contributed by atoms with Gasteiger partial charge in [-0.25, -0.2) is 4.98 Å². The smallest absolute Gasteiger partial charge is 0.171 e. The first-order valence-corrected chi connectivity index (χ1v) is 8.52. The molecule has 1 fully saturated rings. The molecule has 0 saturated carbocycles. The van der Waals surface area contributed by atoms with Gasteiger partial charge in [0.1, 0.15) is 5.82 Å². The van der Waals surface area contributed by atoms with Crippen LogP contribution in [0.2, 0.25) is 0 Å². The van der Waals surface area contributed by atoms with Gasteiger partial charge < -0.3 is 15.5 Å². The molecule has 4 nitrogen and oxygen atoms in total. The fourth-order valence-corrected chi connectivity index (χ4v) is 2.91. The van der Waals surface area contributed by atoms with Crippen molar-refractivity contribution in [2.45, 2.75) is 25.8 Å². The van der Waals surface area contributed by atoms with Crippen molar-refractivity contribution in [3.63, 3.8) is 0 Å². The Morgan fingerprint density at radius 2 is 1.83 bits per heavy atom. The van der Waals surface area contributed by atoms with Crippen molar-refractivity contribution in [3.8, 4) is 0 Å². The van der Waals surface area contributed by atoms with E-state index in [0.29, 0.717) is 11.7 Å². The van der Waals surface area contributed by atoms with Crippen LogP contribution in [0, 0.1) is 0 Å². The number of piperidine rings is 1. The minimum atomic E-state index is 0.612. The van der Waals surface area contributed by atoms with E-state index in [1.165, 1.54) is 24.8 Å². The summed E-state index contributed by atoms with van der Waals surface area (Å²) in [6.45, 7) is 2.93. The fourth-order valence-electron chi connectivity index (χ4n) is 2.72. The maximum absolute atomic E-state index is 5.33. The summed E-state index contributed by atoms with van der Waals surface area (Å²) in [4.78, 5) is 6.90. The lowest BCUT2D eigenvalue weighted by Gasteiger charge is -2.27. The summed E-state index contributed by atoms with van der Waals surface area (Å²) in [6, 6.07) is 14.3. The molecular formula is C18H22N4S. The van der Waals surface area contributed by atoms with Crippen LogP contribution in [0.4, 0.5) is 11.5 Å². The van der Waals surface area contributed by atoms with Gasteiger partial charge in [-0.15, -0.1) is 0 Å². The number of thiocarbonyl (C=S) groups is 1. The topological polar surface area (TPSA) is 40.2 Å². The lowest BCUT2D eigenvalue weighted by atomic mass is 10.1. The van der Waals surface area contributed by atoms with E-state index in [2.05, 4.69) is 38.7 Å². The summed E-state index contributed by atoms with van der Waals surface area (Å²) in [5.41, 5.74) is 2.12. The van der Waals surface area contributed by atoms with Crippen LogP contribution in [0.25, 0.3) is 0 Å². The van der Waals surface area contributed by atoms with Crippen LogP contribution in [-0.4, -0.2) is 23.2 Å². The van der Waals surface area contributed by atoms with Gasteiger partial charge in [-0.1, -0.05) is 30.3 Å². The lowest BCUT2D eigenvalue weighted by molar-refractivity contribution is 0.573. The highest BCUT2D eigenvalue weighted by atomic mass is 32.1. The van der Waals surface area contributed by atoms with Crippen LogP contribution in [0.3, 0.4) is 0 Å². The zero-order chi connectivity index (χ0) is 15.9. The molecule has 0 unspecified atom stereocenters. The van der Waals surface area contributed by atoms with E-state index in [4.69, 9.17) is 12.2 Å². The monoisotopic (exact) mass is 326 g/mol. The highest BCUT2D eigenvalue weighted by molar-refractivity contribution is 7.80. The second-order valence-electron chi connectivity index (χ2n) is 5.75. The molecule has 0 atom stereocenters. The van der Waals surface area contributed by atoms with Crippen LogP contribution < -0.4 is 15.5 Å². The molecule has 1 aliphatic heterocycles. The number of benzene rings is 1. The third-order valence-corrected chi connectivity index (χ3v) is 4.23. The number of anilines is 2. The molecule has 5 heteroatoms. The average Bonchev–Trinajstić information content (AvgIpc) is 2.62. The molecule has 0 bridgehead atoms. The molecule has 1 aromatic heterocycles. The molecule has 2 N–H and O–H groups in total. The van der Waals surface area contributed by atoms with Crippen LogP contribution in [0.5, 0.6) is 0 Å². The molecule has 2 heterocycles. The van der Waals surface area contributed by atoms with Gasteiger partial charge in [0.25, 0.3) is 0 Å². The number of rotatable bonds is 4.